The Kier molecular flexibility index (Phi) is 5.06. The van der Waals surface area contributed by atoms with Crippen LogP contribution in [0.5, 0.6) is 0 Å². The zero-order valence-corrected chi connectivity index (χ0v) is 16.5. The minimum absolute atomic E-state index is 0.0611. The van der Waals surface area contributed by atoms with E-state index in [2.05, 4.69) is 4.72 Å². The number of benzene rings is 2. The van der Waals surface area contributed by atoms with Gasteiger partial charge in [0.15, 0.2) is 11.6 Å². The third kappa shape index (κ3) is 3.61. The third-order valence-electron chi connectivity index (χ3n) is 5.28. The van der Waals surface area contributed by atoms with E-state index in [1.165, 1.54) is 18.2 Å². The standard InChI is InChI=1S/C21H20N2O5S/c24-19-7-3-11-23(19)12-4-10-22-29(27,28)14-8-9-17-18(13-14)21(26)16-6-2-1-5-15(16)20(17)25/h1-2,5-6,8-9,13,22H,3-4,7,10-12H2. The van der Waals surface area contributed by atoms with Crippen LogP contribution in [-0.2, 0) is 14.8 Å². The van der Waals surface area contributed by atoms with Crippen LogP contribution >= 0.6 is 0 Å². The number of hydrogen-bond donors (Lipinski definition) is 1. The molecule has 1 aliphatic carbocycles. The molecule has 0 saturated carbocycles. The van der Waals surface area contributed by atoms with Crippen molar-refractivity contribution in [2.45, 2.75) is 24.2 Å². The first-order chi connectivity index (χ1) is 13.9. The van der Waals surface area contributed by atoms with Gasteiger partial charge in [0, 0.05) is 48.3 Å². The lowest BCUT2D eigenvalue weighted by Crippen LogP contribution is -2.31. The highest BCUT2D eigenvalue weighted by molar-refractivity contribution is 7.89. The molecular weight excluding hydrogens is 392 g/mol. The summed E-state index contributed by atoms with van der Waals surface area (Å²) < 4.78 is 27.8. The first-order valence-corrected chi connectivity index (χ1v) is 11.0. The second kappa shape index (κ2) is 7.53. The van der Waals surface area contributed by atoms with E-state index in [0.29, 0.717) is 31.5 Å². The first-order valence-electron chi connectivity index (χ1n) is 9.48. The van der Waals surface area contributed by atoms with E-state index in [4.69, 9.17) is 0 Å². The van der Waals surface area contributed by atoms with Crippen LogP contribution in [0.15, 0.2) is 47.4 Å². The predicted octanol–water partition coefficient (Wildman–Crippen LogP) is 1.75. The Hall–Kier alpha value is -2.84. The van der Waals surface area contributed by atoms with Gasteiger partial charge in [0.05, 0.1) is 4.90 Å². The molecule has 1 N–H and O–H groups in total. The summed E-state index contributed by atoms with van der Waals surface area (Å²) in [6.45, 7) is 1.41. The lowest BCUT2D eigenvalue weighted by atomic mass is 9.84. The number of amides is 1. The van der Waals surface area contributed by atoms with E-state index < -0.39 is 10.0 Å². The number of ketones is 2. The van der Waals surface area contributed by atoms with Crippen molar-refractivity contribution in [3.8, 4) is 0 Å². The molecule has 1 amide bonds. The number of nitrogens with one attached hydrogen (secondary N) is 1. The lowest BCUT2D eigenvalue weighted by molar-refractivity contribution is -0.127. The first kappa shape index (κ1) is 19.5. The molecule has 0 unspecified atom stereocenters. The monoisotopic (exact) mass is 412 g/mol. The molecule has 0 aromatic heterocycles. The van der Waals surface area contributed by atoms with Crippen molar-refractivity contribution >= 4 is 27.5 Å². The molecule has 1 heterocycles. The summed E-state index contributed by atoms with van der Waals surface area (Å²) >= 11 is 0. The fraction of sp³-hybridized carbons (Fsp3) is 0.286. The summed E-state index contributed by atoms with van der Waals surface area (Å²) in [5.41, 5.74) is 0.914. The van der Waals surface area contributed by atoms with Crippen LogP contribution in [0.2, 0.25) is 0 Å². The summed E-state index contributed by atoms with van der Waals surface area (Å²) in [5.74, 6) is -0.548. The van der Waals surface area contributed by atoms with Gasteiger partial charge in [-0.05, 0) is 31.0 Å². The van der Waals surface area contributed by atoms with Gasteiger partial charge in [0.1, 0.15) is 0 Å². The molecule has 0 bridgehead atoms. The zero-order valence-electron chi connectivity index (χ0n) is 15.7. The average molecular weight is 412 g/mol. The molecule has 1 aliphatic heterocycles. The Morgan fingerprint density at radius 3 is 2.21 bits per heavy atom. The Labute approximate surface area is 168 Å². The fourth-order valence-electron chi connectivity index (χ4n) is 3.75. The molecule has 150 valence electrons. The van der Waals surface area contributed by atoms with Crippen molar-refractivity contribution in [2.75, 3.05) is 19.6 Å². The smallest absolute Gasteiger partial charge is 0.240 e. The summed E-state index contributed by atoms with van der Waals surface area (Å²) in [4.78, 5) is 38.7. The van der Waals surface area contributed by atoms with Crippen molar-refractivity contribution < 1.29 is 22.8 Å². The van der Waals surface area contributed by atoms with Crippen LogP contribution in [0.3, 0.4) is 0 Å². The van der Waals surface area contributed by atoms with Crippen LogP contribution in [0.1, 0.15) is 51.1 Å². The van der Waals surface area contributed by atoms with Crippen LogP contribution in [-0.4, -0.2) is 50.4 Å². The number of nitrogens with zero attached hydrogens (tertiary/aromatic N) is 1. The van der Waals surface area contributed by atoms with Crippen LogP contribution in [0, 0.1) is 0 Å². The van der Waals surface area contributed by atoms with Crippen LogP contribution in [0.25, 0.3) is 0 Å². The van der Waals surface area contributed by atoms with Crippen molar-refractivity contribution in [1.82, 2.24) is 9.62 Å². The number of carbonyl (C=O) groups is 3. The van der Waals surface area contributed by atoms with Gasteiger partial charge in [0.25, 0.3) is 0 Å². The molecule has 8 heteroatoms. The van der Waals surface area contributed by atoms with Gasteiger partial charge in [-0.25, -0.2) is 13.1 Å². The molecule has 1 saturated heterocycles. The molecule has 4 rings (SSSR count). The maximum absolute atomic E-state index is 12.8. The number of hydrogen-bond acceptors (Lipinski definition) is 5. The molecule has 2 aromatic rings. The largest absolute Gasteiger partial charge is 0.343 e. The minimum Gasteiger partial charge on any atom is -0.343 e. The molecule has 0 spiro atoms. The minimum atomic E-state index is -3.84. The molecule has 0 atom stereocenters. The highest BCUT2D eigenvalue weighted by atomic mass is 32.2. The third-order valence-corrected chi connectivity index (χ3v) is 6.73. The van der Waals surface area contributed by atoms with Gasteiger partial charge in [-0.2, -0.15) is 0 Å². The van der Waals surface area contributed by atoms with E-state index in [1.54, 1.807) is 29.2 Å². The Balaban J connectivity index is 1.50. The summed E-state index contributed by atoms with van der Waals surface area (Å²) in [6, 6.07) is 10.5. The Morgan fingerprint density at radius 1 is 0.897 bits per heavy atom. The maximum Gasteiger partial charge on any atom is 0.240 e. The number of carbonyl (C=O) groups excluding carboxylic acids is 3. The molecule has 2 aromatic carbocycles. The molecule has 7 nitrogen and oxygen atoms in total. The van der Waals surface area contributed by atoms with Gasteiger partial charge in [0.2, 0.25) is 15.9 Å². The highest BCUT2D eigenvalue weighted by Gasteiger charge is 2.30. The SMILES string of the molecule is O=C1c2ccccc2C(=O)c2cc(S(=O)(=O)NCCCN3CCCC3=O)ccc21. The van der Waals surface area contributed by atoms with Gasteiger partial charge in [-0.3, -0.25) is 14.4 Å². The van der Waals surface area contributed by atoms with Gasteiger partial charge in [-0.15, -0.1) is 0 Å². The maximum atomic E-state index is 12.8. The summed E-state index contributed by atoms with van der Waals surface area (Å²) in [5, 5.41) is 0. The number of likely N-dealkylation sites (tertiary alicyclic amines) is 1. The quantitative estimate of drug-likeness (QED) is 0.622. The van der Waals surface area contributed by atoms with Crippen molar-refractivity contribution in [1.29, 1.82) is 0 Å². The fourth-order valence-corrected chi connectivity index (χ4v) is 4.85. The molecule has 1 fully saturated rings. The molecule has 2 aliphatic rings. The predicted molar refractivity (Wildman–Crippen MR) is 105 cm³/mol. The number of fused-ring (bicyclic) bond motifs is 2. The second-order valence-corrected chi connectivity index (χ2v) is 8.91. The molecule has 29 heavy (non-hydrogen) atoms. The van der Waals surface area contributed by atoms with Crippen molar-refractivity contribution in [2.24, 2.45) is 0 Å². The summed E-state index contributed by atoms with van der Waals surface area (Å²) in [6.07, 6.45) is 1.90. The number of sulfonamides is 1. The zero-order chi connectivity index (χ0) is 20.6. The van der Waals surface area contributed by atoms with E-state index >= 15 is 0 Å². The number of rotatable bonds is 6. The van der Waals surface area contributed by atoms with Crippen LogP contribution in [0.4, 0.5) is 0 Å². The second-order valence-electron chi connectivity index (χ2n) is 7.15. The Morgan fingerprint density at radius 2 is 1.55 bits per heavy atom. The molecule has 0 radical (unpaired) electrons. The normalized spacial score (nSPS) is 16.1. The van der Waals surface area contributed by atoms with Gasteiger partial charge < -0.3 is 4.90 Å². The summed E-state index contributed by atoms with van der Waals surface area (Å²) in [7, 11) is -3.84. The van der Waals surface area contributed by atoms with E-state index in [9.17, 15) is 22.8 Å². The molecular formula is C21H20N2O5S. The average Bonchev–Trinajstić information content (AvgIpc) is 3.14. The van der Waals surface area contributed by atoms with E-state index in [1.807, 2.05) is 0 Å². The van der Waals surface area contributed by atoms with Gasteiger partial charge in [-0.1, -0.05) is 24.3 Å². The van der Waals surface area contributed by atoms with E-state index in [-0.39, 0.29) is 45.6 Å². The Bertz CT molecular complexity index is 1120. The topological polar surface area (TPSA) is 101 Å². The van der Waals surface area contributed by atoms with Crippen molar-refractivity contribution in [3.63, 3.8) is 0 Å². The highest BCUT2D eigenvalue weighted by Crippen LogP contribution is 2.28. The van der Waals surface area contributed by atoms with Crippen molar-refractivity contribution in [3.05, 3.63) is 64.7 Å². The van der Waals surface area contributed by atoms with E-state index in [0.717, 1.165) is 6.42 Å². The van der Waals surface area contributed by atoms with Crippen LogP contribution < -0.4 is 4.72 Å². The van der Waals surface area contributed by atoms with Gasteiger partial charge >= 0.3 is 0 Å². The lowest BCUT2D eigenvalue weighted by Gasteiger charge is -2.18.